The number of aromatic nitrogens is 5. The molecule has 37 heavy (non-hydrogen) atoms. The van der Waals surface area contributed by atoms with Crippen LogP contribution in [0.1, 0.15) is 39.3 Å². The predicted molar refractivity (Wildman–Crippen MR) is 141 cm³/mol. The van der Waals surface area contributed by atoms with E-state index < -0.39 is 5.60 Å². The molecule has 4 aromatic heterocycles. The van der Waals surface area contributed by atoms with Gasteiger partial charge in [0.25, 0.3) is 0 Å². The second-order valence-corrected chi connectivity index (χ2v) is 10.4. The molecule has 0 aromatic carbocycles. The van der Waals surface area contributed by atoms with E-state index in [1.807, 2.05) is 24.4 Å². The summed E-state index contributed by atoms with van der Waals surface area (Å²) >= 11 is 0. The van der Waals surface area contributed by atoms with E-state index in [9.17, 15) is 9.90 Å². The number of aryl methyl sites for hydroxylation is 1. The van der Waals surface area contributed by atoms with Gasteiger partial charge in [-0.1, -0.05) is 6.92 Å². The second kappa shape index (κ2) is 9.04. The Morgan fingerprint density at radius 2 is 2.05 bits per heavy atom. The van der Waals surface area contributed by atoms with Crippen molar-refractivity contribution in [2.45, 2.75) is 51.7 Å². The number of anilines is 2. The maximum absolute atomic E-state index is 12.3. The number of fused-ring (bicyclic) bond motifs is 2. The van der Waals surface area contributed by atoms with Gasteiger partial charge in [0.15, 0.2) is 11.5 Å². The molecule has 0 bridgehead atoms. The highest BCUT2D eigenvalue weighted by Gasteiger charge is 2.33. The minimum Gasteiger partial charge on any atom is -0.388 e. The molecule has 2 N–H and O–H groups in total. The number of rotatable bonds is 6. The van der Waals surface area contributed by atoms with Crippen molar-refractivity contribution in [2.75, 3.05) is 29.9 Å². The van der Waals surface area contributed by atoms with Crippen molar-refractivity contribution >= 4 is 33.8 Å². The molecular formula is C27H31N7O3. The molecule has 1 saturated carbocycles. The van der Waals surface area contributed by atoms with Crippen LogP contribution in [-0.2, 0) is 16.0 Å². The SMILES string of the molecule is CCc1ncc(-c2nc3ccc(N4CCOC(C(C)(C)O)C4)cn3n2)c2cc(NC(=O)C3CC3)ncc12. The fraction of sp³-hybridized carbons (Fsp3) is 0.444. The highest BCUT2D eigenvalue weighted by Crippen LogP contribution is 2.33. The maximum Gasteiger partial charge on any atom is 0.228 e. The van der Waals surface area contributed by atoms with Crippen molar-refractivity contribution in [3.05, 3.63) is 42.5 Å². The van der Waals surface area contributed by atoms with E-state index in [1.165, 1.54) is 0 Å². The first kappa shape index (κ1) is 23.7. The first-order valence-corrected chi connectivity index (χ1v) is 12.8. The molecule has 5 heterocycles. The molecule has 1 atom stereocenters. The summed E-state index contributed by atoms with van der Waals surface area (Å²) in [6, 6.07) is 5.86. The highest BCUT2D eigenvalue weighted by atomic mass is 16.5. The summed E-state index contributed by atoms with van der Waals surface area (Å²) < 4.78 is 7.56. The number of morpholine rings is 1. The number of ether oxygens (including phenoxy) is 1. The fourth-order valence-electron chi connectivity index (χ4n) is 4.78. The van der Waals surface area contributed by atoms with Gasteiger partial charge in [-0.25, -0.2) is 14.5 Å². The average molecular weight is 502 g/mol. The quantitative estimate of drug-likeness (QED) is 0.414. The summed E-state index contributed by atoms with van der Waals surface area (Å²) in [7, 11) is 0. The molecule has 4 aromatic rings. The second-order valence-electron chi connectivity index (χ2n) is 10.4. The average Bonchev–Trinajstić information content (AvgIpc) is 3.66. The van der Waals surface area contributed by atoms with Crippen molar-refractivity contribution in [3.63, 3.8) is 0 Å². The summed E-state index contributed by atoms with van der Waals surface area (Å²) in [5, 5.41) is 20.0. The molecule has 6 rings (SSSR count). The molecule has 2 fully saturated rings. The lowest BCUT2D eigenvalue weighted by Gasteiger charge is -2.39. The topological polar surface area (TPSA) is 118 Å². The van der Waals surface area contributed by atoms with Gasteiger partial charge in [-0.05, 0) is 51.3 Å². The van der Waals surface area contributed by atoms with Gasteiger partial charge in [0.1, 0.15) is 11.9 Å². The molecular weight excluding hydrogens is 470 g/mol. The monoisotopic (exact) mass is 501 g/mol. The van der Waals surface area contributed by atoms with Gasteiger partial charge in [-0.15, -0.1) is 5.10 Å². The van der Waals surface area contributed by atoms with Crippen molar-refractivity contribution in [1.29, 1.82) is 0 Å². The Morgan fingerprint density at radius 1 is 1.22 bits per heavy atom. The lowest BCUT2D eigenvalue weighted by molar-refractivity contribution is -0.117. The Kier molecular flexibility index (Phi) is 5.80. The van der Waals surface area contributed by atoms with Crippen molar-refractivity contribution in [3.8, 4) is 11.4 Å². The summed E-state index contributed by atoms with van der Waals surface area (Å²) in [5.41, 5.74) is 2.50. The van der Waals surface area contributed by atoms with Crippen LogP contribution in [0.2, 0.25) is 0 Å². The first-order chi connectivity index (χ1) is 17.8. The zero-order valence-electron chi connectivity index (χ0n) is 21.3. The lowest BCUT2D eigenvalue weighted by Crippen LogP contribution is -2.52. The van der Waals surface area contributed by atoms with Crippen LogP contribution in [0.25, 0.3) is 27.8 Å². The number of carbonyl (C=O) groups excluding carboxylic acids is 1. The summed E-state index contributed by atoms with van der Waals surface area (Å²) in [4.78, 5) is 28.4. The fourth-order valence-corrected chi connectivity index (χ4v) is 4.78. The molecule has 10 heteroatoms. The number of hydrogen-bond acceptors (Lipinski definition) is 8. The van der Waals surface area contributed by atoms with Crippen LogP contribution in [0.15, 0.2) is 36.8 Å². The molecule has 0 spiro atoms. The van der Waals surface area contributed by atoms with E-state index in [0.29, 0.717) is 24.8 Å². The number of pyridine rings is 3. The summed E-state index contributed by atoms with van der Waals surface area (Å²) in [6.45, 7) is 7.47. The van der Waals surface area contributed by atoms with Crippen LogP contribution >= 0.6 is 0 Å². The van der Waals surface area contributed by atoms with E-state index >= 15 is 0 Å². The van der Waals surface area contributed by atoms with E-state index in [2.05, 4.69) is 27.1 Å². The lowest BCUT2D eigenvalue weighted by atomic mass is 10.00. The van der Waals surface area contributed by atoms with Crippen LogP contribution in [0.5, 0.6) is 0 Å². The van der Waals surface area contributed by atoms with Gasteiger partial charge in [0, 0.05) is 53.4 Å². The van der Waals surface area contributed by atoms with Gasteiger partial charge >= 0.3 is 0 Å². The van der Waals surface area contributed by atoms with E-state index in [4.69, 9.17) is 14.8 Å². The van der Waals surface area contributed by atoms with Gasteiger partial charge in [0.05, 0.1) is 24.1 Å². The number of nitrogens with zero attached hydrogens (tertiary/aromatic N) is 6. The third kappa shape index (κ3) is 4.62. The maximum atomic E-state index is 12.3. The van der Waals surface area contributed by atoms with E-state index in [1.54, 1.807) is 30.8 Å². The van der Waals surface area contributed by atoms with Crippen LogP contribution in [-0.4, -0.2) is 67.0 Å². The Labute approximate surface area is 214 Å². The third-order valence-electron chi connectivity index (χ3n) is 7.16. The van der Waals surface area contributed by atoms with Crippen LogP contribution < -0.4 is 10.2 Å². The van der Waals surface area contributed by atoms with E-state index in [-0.39, 0.29) is 17.9 Å². The first-order valence-electron chi connectivity index (χ1n) is 12.8. The zero-order valence-corrected chi connectivity index (χ0v) is 21.3. The molecule has 10 nitrogen and oxygen atoms in total. The Hall–Kier alpha value is -3.63. The number of aliphatic hydroxyl groups is 1. The van der Waals surface area contributed by atoms with E-state index in [0.717, 1.165) is 59.2 Å². The Bertz CT molecular complexity index is 1490. The molecule has 1 unspecified atom stereocenters. The smallest absolute Gasteiger partial charge is 0.228 e. The van der Waals surface area contributed by atoms with Crippen LogP contribution in [0.4, 0.5) is 11.5 Å². The molecule has 1 amide bonds. The number of hydrogen-bond donors (Lipinski definition) is 2. The van der Waals surface area contributed by atoms with Crippen molar-refractivity contribution in [1.82, 2.24) is 24.6 Å². The third-order valence-corrected chi connectivity index (χ3v) is 7.16. The standard InChI is InChI=1S/C27H31N7O3/c1-4-21-19-12-29-23(30-26(35)16-5-6-16)11-18(19)20(13-28-21)25-31-24-8-7-17(14-34(24)32-25)33-9-10-37-22(15-33)27(2,3)36/h7-8,11-14,16,22,36H,4-6,9-10,15H2,1-3H3,(H,29,30,35). The molecule has 192 valence electrons. The normalized spacial score (nSPS) is 18.5. The highest BCUT2D eigenvalue weighted by molar-refractivity contribution is 6.00. The van der Waals surface area contributed by atoms with Crippen molar-refractivity contribution in [2.24, 2.45) is 5.92 Å². The van der Waals surface area contributed by atoms with Gasteiger partial charge in [-0.3, -0.25) is 9.78 Å². The Morgan fingerprint density at radius 3 is 2.81 bits per heavy atom. The van der Waals surface area contributed by atoms with Crippen LogP contribution in [0, 0.1) is 5.92 Å². The minimum atomic E-state index is -0.923. The summed E-state index contributed by atoms with van der Waals surface area (Å²) in [5.74, 6) is 1.20. The molecule has 1 aliphatic heterocycles. The molecule has 1 aliphatic carbocycles. The largest absolute Gasteiger partial charge is 0.388 e. The van der Waals surface area contributed by atoms with Crippen LogP contribution in [0.3, 0.4) is 0 Å². The van der Waals surface area contributed by atoms with Gasteiger partial charge < -0.3 is 20.1 Å². The summed E-state index contributed by atoms with van der Waals surface area (Å²) in [6.07, 6.45) is 7.89. The molecule has 2 aliphatic rings. The zero-order chi connectivity index (χ0) is 25.7. The Balaban J connectivity index is 1.36. The van der Waals surface area contributed by atoms with Gasteiger partial charge in [0.2, 0.25) is 5.91 Å². The number of carbonyl (C=O) groups is 1. The number of nitrogens with one attached hydrogen (secondary N) is 1. The van der Waals surface area contributed by atoms with Gasteiger partial charge in [-0.2, -0.15) is 0 Å². The minimum absolute atomic E-state index is 0.0199. The predicted octanol–water partition coefficient (Wildman–Crippen LogP) is 3.23. The molecule has 1 saturated heterocycles. The number of amides is 1. The molecule has 0 radical (unpaired) electrons. The van der Waals surface area contributed by atoms with Crippen molar-refractivity contribution < 1.29 is 14.6 Å².